The van der Waals surface area contributed by atoms with Crippen LogP contribution in [0.15, 0.2) is 70.6 Å². The Kier molecular flexibility index (Phi) is 4.57. The van der Waals surface area contributed by atoms with E-state index in [1.807, 2.05) is 60.7 Å². The third kappa shape index (κ3) is 3.51. The predicted molar refractivity (Wildman–Crippen MR) is 94.4 cm³/mol. The van der Waals surface area contributed by atoms with E-state index in [1.165, 1.54) is 11.8 Å². The standard InChI is InChI=1S/C18H16N2O2S/c1-12(17(21)22)23-18-19-15(13-8-4-2-5-9-13)16(20-18)14-10-6-3-7-11-14/h2-12,18H,1H3,(H,21,22). The molecule has 1 unspecified atom stereocenters. The molecule has 0 saturated carbocycles. The number of carboxylic acids is 1. The molecule has 0 amide bonds. The maximum atomic E-state index is 11.1. The van der Waals surface area contributed by atoms with Gasteiger partial charge in [0.1, 0.15) is 5.25 Å². The number of rotatable bonds is 5. The molecular formula is C18H16N2O2S. The molecule has 0 bridgehead atoms. The summed E-state index contributed by atoms with van der Waals surface area (Å²) in [7, 11) is 0. The summed E-state index contributed by atoms with van der Waals surface area (Å²) in [6.07, 6.45) is 0. The molecule has 4 nitrogen and oxygen atoms in total. The molecule has 5 heteroatoms. The zero-order valence-corrected chi connectivity index (χ0v) is 13.4. The van der Waals surface area contributed by atoms with Crippen molar-refractivity contribution in [3.8, 4) is 0 Å². The normalized spacial score (nSPS) is 15.9. The van der Waals surface area contributed by atoms with Gasteiger partial charge in [0.05, 0.1) is 11.4 Å². The van der Waals surface area contributed by atoms with Crippen LogP contribution in [-0.4, -0.2) is 33.2 Å². The average molecular weight is 324 g/mol. The van der Waals surface area contributed by atoms with Crippen molar-refractivity contribution in [2.24, 2.45) is 9.98 Å². The van der Waals surface area contributed by atoms with Crippen molar-refractivity contribution in [1.82, 2.24) is 0 Å². The summed E-state index contributed by atoms with van der Waals surface area (Å²) in [6.45, 7) is 1.65. The van der Waals surface area contributed by atoms with Crippen LogP contribution < -0.4 is 0 Å². The van der Waals surface area contributed by atoms with E-state index in [9.17, 15) is 4.79 Å². The maximum absolute atomic E-state index is 11.1. The lowest BCUT2D eigenvalue weighted by molar-refractivity contribution is -0.136. The van der Waals surface area contributed by atoms with E-state index in [0.29, 0.717) is 0 Å². The largest absolute Gasteiger partial charge is 0.480 e. The molecule has 0 aromatic heterocycles. The summed E-state index contributed by atoms with van der Waals surface area (Å²) in [5.41, 5.74) is 3.17. The van der Waals surface area contributed by atoms with E-state index in [0.717, 1.165) is 22.6 Å². The van der Waals surface area contributed by atoms with Gasteiger partial charge in [0, 0.05) is 11.1 Å². The highest BCUT2D eigenvalue weighted by atomic mass is 32.2. The first-order valence-electron chi connectivity index (χ1n) is 7.30. The lowest BCUT2D eigenvalue weighted by Crippen LogP contribution is -2.14. The summed E-state index contributed by atoms with van der Waals surface area (Å²) in [5, 5.41) is 8.53. The van der Waals surface area contributed by atoms with Crippen LogP contribution >= 0.6 is 11.8 Å². The molecule has 116 valence electrons. The van der Waals surface area contributed by atoms with E-state index in [-0.39, 0.29) is 0 Å². The highest BCUT2D eigenvalue weighted by Gasteiger charge is 2.26. The molecule has 0 spiro atoms. The smallest absolute Gasteiger partial charge is 0.316 e. The third-order valence-corrected chi connectivity index (χ3v) is 4.54. The Morgan fingerprint density at radius 1 is 0.957 bits per heavy atom. The van der Waals surface area contributed by atoms with Crippen LogP contribution in [-0.2, 0) is 4.79 Å². The number of carbonyl (C=O) groups is 1. The molecule has 23 heavy (non-hydrogen) atoms. The second-order valence-electron chi connectivity index (χ2n) is 5.13. The Labute approximate surface area is 139 Å². The van der Waals surface area contributed by atoms with Gasteiger partial charge in [0.25, 0.3) is 0 Å². The lowest BCUT2D eigenvalue weighted by Gasteiger charge is -2.07. The highest BCUT2D eigenvalue weighted by Crippen LogP contribution is 2.27. The summed E-state index contributed by atoms with van der Waals surface area (Å²) in [5.74, 6) is -0.852. The van der Waals surface area contributed by atoms with Crippen LogP contribution in [0.5, 0.6) is 0 Å². The molecule has 1 aliphatic heterocycles. The van der Waals surface area contributed by atoms with Crippen molar-refractivity contribution >= 4 is 29.2 Å². The number of aliphatic carboxylic acids is 1. The zero-order chi connectivity index (χ0) is 16.2. The topological polar surface area (TPSA) is 62.0 Å². The predicted octanol–water partition coefficient (Wildman–Crippen LogP) is 3.47. The maximum Gasteiger partial charge on any atom is 0.316 e. The molecule has 1 aliphatic rings. The Morgan fingerprint density at radius 3 is 1.78 bits per heavy atom. The summed E-state index contributed by atoms with van der Waals surface area (Å²) in [6, 6.07) is 19.7. The molecule has 1 N–H and O–H groups in total. The number of benzene rings is 2. The number of hydrogen-bond donors (Lipinski definition) is 1. The van der Waals surface area contributed by atoms with Gasteiger partial charge >= 0.3 is 5.97 Å². The Balaban J connectivity index is 1.97. The monoisotopic (exact) mass is 324 g/mol. The Morgan fingerprint density at radius 2 is 1.39 bits per heavy atom. The second kappa shape index (κ2) is 6.79. The van der Waals surface area contributed by atoms with Gasteiger partial charge in [-0.25, -0.2) is 9.98 Å². The molecule has 0 fully saturated rings. The zero-order valence-electron chi connectivity index (χ0n) is 12.6. The summed E-state index contributed by atoms with van der Waals surface area (Å²) >= 11 is 1.24. The number of nitrogens with zero attached hydrogens (tertiary/aromatic N) is 2. The average Bonchev–Trinajstić information content (AvgIpc) is 3.00. The number of carboxylic acid groups (broad SMARTS) is 1. The molecule has 3 rings (SSSR count). The number of aliphatic imine (C=N–C) groups is 2. The van der Waals surface area contributed by atoms with Crippen molar-refractivity contribution in [1.29, 1.82) is 0 Å². The van der Waals surface area contributed by atoms with Crippen molar-refractivity contribution < 1.29 is 9.90 Å². The first kappa shape index (κ1) is 15.5. The third-order valence-electron chi connectivity index (χ3n) is 3.47. The van der Waals surface area contributed by atoms with Crippen LogP contribution in [0, 0.1) is 0 Å². The van der Waals surface area contributed by atoms with Crippen molar-refractivity contribution in [2.45, 2.75) is 17.7 Å². The lowest BCUT2D eigenvalue weighted by atomic mass is 10.0. The molecule has 0 radical (unpaired) electrons. The molecular weight excluding hydrogens is 308 g/mol. The van der Waals surface area contributed by atoms with Crippen LogP contribution in [0.2, 0.25) is 0 Å². The van der Waals surface area contributed by atoms with Gasteiger partial charge in [0.15, 0.2) is 5.50 Å². The van der Waals surface area contributed by atoms with Crippen LogP contribution in [0.1, 0.15) is 18.1 Å². The van der Waals surface area contributed by atoms with Crippen molar-refractivity contribution in [3.05, 3.63) is 71.8 Å². The van der Waals surface area contributed by atoms with Gasteiger partial charge in [-0.3, -0.25) is 4.79 Å². The van der Waals surface area contributed by atoms with Gasteiger partial charge in [-0.15, -0.1) is 0 Å². The first-order valence-corrected chi connectivity index (χ1v) is 8.24. The van der Waals surface area contributed by atoms with E-state index < -0.39 is 16.7 Å². The minimum Gasteiger partial charge on any atom is -0.480 e. The number of thioether (sulfide) groups is 1. The van der Waals surface area contributed by atoms with Crippen LogP contribution in [0.3, 0.4) is 0 Å². The van der Waals surface area contributed by atoms with Gasteiger partial charge in [-0.2, -0.15) is 0 Å². The van der Waals surface area contributed by atoms with E-state index in [2.05, 4.69) is 9.98 Å². The molecule has 2 aromatic rings. The van der Waals surface area contributed by atoms with E-state index in [4.69, 9.17) is 5.11 Å². The van der Waals surface area contributed by atoms with Gasteiger partial charge in [-0.05, 0) is 6.92 Å². The second-order valence-corrected chi connectivity index (χ2v) is 6.53. The van der Waals surface area contributed by atoms with Gasteiger partial charge in [-0.1, -0.05) is 72.4 Å². The molecule has 1 atom stereocenters. The Hall–Kier alpha value is -2.40. The summed E-state index contributed by atoms with van der Waals surface area (Å²) in [4.78, 5) is 20.4. The van der Waals surface area contributed by atoms with Gasteiger partial charge in [0.2, 0.25) is 0 Å². The molecule has 0 aliphatic carbocycles. The minimum atomic E-state index is -0.852. The van der Waals surface area contributed by atoms with Crippen molar-refractivity contribution in [3.63, 3.8) is 0 Å². The molecule has 1 heterocycles. The fraction of sp³-hybridized carbons (Fsp3) is 0.167. The first-order chi connectivity index (χ1) is 11.1. The van der Waals surface area contributed by atoms with Gasteiger partial charge < -0.3 is 5.11 Å². The minimum absolute atomic E-state index is 0.425. The van der Waals surface area contributed by atoms with E-state index in [1.54, 1.807) is 6.92 Å². The number of hydrogen-bond acceptors (Lipinski definition) is 4. The fourth-order valence-electron chi connectivity index (χ4n) is 2.29. The van der Waals surface area contributed by atoms with E-state index >= 15 is 0 Å². The SMILES string of the molecule is CC(SC1N=C(c2ccccc2)C(c2ccccc2)=N1)C(=O)O. The van der Waals surface area contributed by atoms with Crippen molar-refractivity contribution in [2.75, 3.05) is 0 Å². The highest BCUT2D eigenvalue weighted by molar-refractivity contribution is 8.01. The Bertz CT molecular complexity index is 702. The van der Waals surface area contributed by atoms with Crippen LogP contribution in [0.4, 0.5) is 0 Å². The molecule has 0 saturated heterocycles. The quantitative estimate of drug-likeness (QED) is 0.916. The molecule has 2 aromatic carbocycles. The fourth-order valence-corrected chi connectivity index (χ4v) is 3.10. The van der Waals surface area contributed by atoms with Crippen LogP contribution in [0.25, 0.3) is 0 Å². The summed E-state index contributed by atoms with van der Waals surface area (Å²) < 4.78 is 0.